The van der Waals surface area contributed by atoms with Gasteiger partial charge < -0.3 is 20.5 Å². The summed E-state index contributed by atoms with van der Waals surface area (Å²) in [6.07, 6.45) is 0. The standard InChI is InChI=1S/C15H18BrN3O2S/c1-20-12-5-3-10(7-13(12)21-2)8-18-15(17)19-9-11-4-6-14(16)22-11/h3-7H,8-9H2,1-2H3,(H3,17,18,19). The van der Waals surface area contributed by atoms with Gasteiger partial charge in [0.1, 0.15) is 0 Å². The Morgan fingerprint density at radius 2 is 2.00 bits per heavy atom. The fourth-order valence-corrected chi connectivity index (χ4v) is 3.26. The predicted molar refractivity (Wildman–Crippen MR) is 93.7 cm³/mol. The average Bonchev–Trinajstić information content (AvgIpc) is 2.96. The molecule has 0 fully saturated rings. The number of aliphatic imine (C=N–C) groups is 1. The van der Waals surface area contributed by atoms with E-state index in [-0.39, 0.29) is 0 Å². The third kappa shape index (κ3) is 4.64. The average molecular weight is 384 g/mol. The molecule has 0 amide bonds. The second-order valence-corrected chi connectivity index (χ2v) is 7.00. The van der Waals surface area contributed by atoms with E-state index in [1.54, 1.807) is 25.6 Å². The van der Waals surface area contributed by atoms with Gasteiger partial charge in [-0.05, 0) is 45.8 Å². The van der Waals surface area contributed by atoms with Gasteiger partial charge in [-0.15, -0.1) is 11.3 Å². The SMILES string of the molecule is COc1ccc(CN=C(N)NCc2ccc(Br)s2)cc1OC. The Kier molecular flexibility index (Phi) is 6.09. The summed E-state index contributed by atoms with van der Waals surface area (Å²) < 4.78 is 11.6. The molecule has 1 aromatic heterocycles. The van der Waals surface area contributed by atoms with Crippen molar-refractivity contribution in [2.24, 2.45) is 10.7 Å². The Morgan fingerprint density at radius 3 is 2.64 bits per heavy atom. The third-order valence-corrected chi connectivity index (χ3v) is 4.58. The largest absolute Gasteiger partial charge is 0.493 e. The summed E-state index contributed by atoms with van der Waals surface area (Å²) >= 11 is 5.10. The monoisotopic (exact) mass is 383 g/mol. The number of methoxy groups -OCH3 is 2. The van der Waals surface area contributed by atoms with Crippen molar-refractivity contribution in [1.29, 1.82) is 0 Å². The minimum absolute atomic E-state index is 0.416. The number of halogens is 1. The number of guanidine groups is 1. The van der Waals surface area contributed by atoms with Crippen LogP contribution < -0.4 is 20.5 Å². The molecule has 0 saturated carbocycles. The first-order valence-corrected chi connectivity index (χ1v) is 8.22. The van der Waals surface area contributed by atoms with Crippen LogP contribution in [0.15, 0.2) is 39.1 Å². The number of benzene rings is 1. The highest BCUT2D eigenvalue weighted by Gasteiger charge is 2.04. The zero-order valence-electron chi connectivity index (χ0n) is 12.4. The molecule has 0 bridgehead atoms. The number of nitrogens with zero attached hydrogens (tertiary/aromatic N) is 1. The smallest absolute Gasteiger partial charge is 0.189 e. The normalized spacial score (nSPS) is 11.3. The number of hydrogen-bond acceptors (Lipinski definition) is 4. The van der Waals surface area contributed by atoms with Gasteiger partial charge in [0.25, 0.3) is 0 Å². The fraction of sp³-hybridized carbons (Fsp3) is 0.267. The van der Waals surface area contributed by atoms with Crippen molar-refractivity contribution in [2.75, 3.05) is 14.2 Å². The number of thiophene rings is 1. The molecule has 1 heterocycles. The van der Waals surface area contributed by atoms with E-state index in [0.29, 0.717) is 30.5 Å². The molecule has 3 N–H and O–H groups in total. The van der Waals surface area contributed by atoms with E-state index in [1.165, 1.54) is 4.88 Å². The number of nitrogens with one attached hydrogen (secondary N) is 1. The zero-order valence-corrected chi connectivity index (χ0v) is 14.8. The van der Waals surface area contributed by atoms with Crippen molar-refractivity contribution in [3.63, 3.8) is 0 Å². The molecule has 118 valence electrons. The van der Waals surface area contributed by atoms with Gasteiger partial charge in [-0.25, -0.2) is 4.99 Å². The van der Waals surface area contributed by atoms with E-state index >= 15 is 0 Å². The summed E-state index contributed by atoms with van der Waals surface area (Å²) in [6, 6.07) is 9.75. The lowest BCUT2D eigenvalue weighted by molar-refractivity contribution is 0.354. The maximum absolute atomic E-state index is 5.88. The van der Waals surface area contributed by atoms with Crippen molar-refractivity contribution in [3.05, 3.63) is 44.6 Å². The predicted octanol–water partition coefficient (Wildman–Crippen LogP) is 3.13. The van der Waals surface area contributed by atoms with Crippen LogP contribution in [0.4, 0.5) is 0 Å². The number of hydrogen-bond donors (Lipinski definition) is 2. The summed E-state index contributed by atoms with van der Waals surface area (Å²) in [5, 5.41) is 3.10. The number of rotatable bonds is 6. The van der Waals surface area contributed by atoms with Crippen LogP contribution in [0, 0.1) is 0 Å². The van der Waals surface area contributed by atoms with Crippen molar-refractivity contribution in [2.45, 2.75) is 13.1 Å². The molecular formula is C15H18BrN3O2S. The van der Waals surface area contributed by atoms with E-state index in [4.69, 9.17) is 15.2 Å². The molecule has 22 heavy (non-hydrogen) atoms. The Balaban J connectivity index is 1.92. The van der Waals surface area contributed by atoms with E-state index in [9.17, 15) is 0 Å². The molecule has 1 aromatic carbocycles. The van der Waals surface area contributed by atoms with Gasteiger partial charge >= 0.3 is 0 Å². The molecule has 2 rings (SSSR count). The van der Waals surface area contributed by atoms with Crippen LogP contribution in [0.5, 0.6) is 11.5 Å². The molecule has 0 saturated heterocycles. The van der Waals surface area contributed by atoms with Crippen molar-refractivity contribution >= 4 is 33.2 Å². The van der Waals surface area contributed by atoms with Crippen molar-refractivity contribution in [3.8, 4) is 11.5 Å². The van der Waals surface area contributed by atoms with Crippen LogP contribution >= 0.6 is 27.3 Å². The minimum atomic E-state index is 0.416. The van der Waals surface area contributed by atoms with Gasteiger partial charge in [0.15, 0.2) is 17.5 Å². The molecule has 0 spiro atoms. The number of ether oxygens (including phenoxy) is 2. The molecule has 0 atom stereocenters. The van der Waals surface area contributed by atoms with Crippen LogP contribution in [0.3, 0.4) is 0 Å². The lowest BCUT2D eigenvalue weighted by Gasteiger charge is -2.09. The van der Waals surface area contributed by atoms with Crippen molar-refractivity contribution in [1.82, 2.24) is 5.32 Å². The first-order chi connectivity index (χ1) is 10.6. The summed E-state index contributed by atoms with van der Waals surface area (Å²) in [7, 11) is 3.22. The maximum atomic E-state index is 5.88. The lowest BCUT2D eigenvalue weighted by atomic mass is 10.2. The fourth-order valence-electron chi connectivity index (χ4n) is 1.84. The van der Waals surface area contributed by atoms with Gasteiger partial charge in [0.2, 0.25) is 0 Å². The Morgan fingerprint density at radius 1 is 1.23 bits per heavy atom. The van der Waals surface area contributed by atoms with E-state index in [0.717, 1.165) is 9.35 Å². The minimum Gasteiger partial charge on any atom is -0.493 e. The quantitative estimate of drug-likeness (QED) is 0.593. The second kappa shape index (κ2) is 8.05. The molecule has 0 aliphatic rings. The van der Waals surface area contributed by atoms with Gasteiger partial charge in [-0.3, -0.25) is 0 Å². The lowest BCUT2D eigenvalue weighted by Crippen LogP contribution is -2.30. The van der Waals surface area contributed by atoms with Crippen LogP contribution in [-0.2, 0) is 13.1 Å². The summed E-state index contributed by atoms with van der Waals surface area (Å²) in [5.74, 6) is 1.80. The highest BCUT2D eigenvalue weighted by atomic mass is 79.9. The van der Waals surface area contributed by atoms with E-state index in [2.05, 4.69) is 26.2 Å². The van der Waals surface area contributed by atoms with Crippen LogP contribution in [-0.4, -0.2) is 20.2 Å². The van der Waals surface area contributed by atoms with Crippen molar-refractivity contribution < 1.29 is 9.47 Å². The molecule has 5 nitrogen and oxygen atoms in total. The summed E-state index contributed by atoms with van der Waals surface area (Å²) in [4.78, 5) is 5.52. The van der Waals surface area contributed by atoms with E-state index < -0.39 is 0 Å². The third-order valence-electron chi connectivity index (χ3n) is 2.95. The first-order valence-electron chi connectivity index (χ1n) is 6.61. The van der Waals surface area contributed by atoms with Crippen LogP contribution in [0.1, 0.15) is 10.4 Å². The molecule has 7 heteroatoms. The zero-order chi connectivity index (χ0) is 15.9. The van der Waals surface area contributed by atoms with Crippen LogP contribution in [0.2, 0.25) is 0 Å². The topological polar surface area (TPSA) is 68.9 Å². The molecule has 2 aromatic rings. The molecule has 0 radical (unpaired) electrons. The Bertz CT molecular complexity index is 658. The molecule has 0 unspecified atom stereocenters. The second-order valence-electron chi connectivity index (χ2n) is 4.45. The summed E-state index contributed by atoms with van der Waals surface area (Å²) in [5.41, 5.74) is 6.88. The highest BCUT2D eigenvalue weighted by Crippen LogP contribution is 2.27. The Hall–Kier alpha value is -1.73. The van der Waals surface area contributed by atoms with E-state index in [1.807, 2.05) is 30.3 Å². The van der Waals surface area contributed by atoms with Crippen LogP contribution in [0.25, 0.3) is 0 Å². The first kappa shape index (κ1) is 16.6. The van der Waals surface area contributed by atoms with Gasteiger partial charge in [0.05, 0.1) is 31.1 Å². The summed E-state index contributed by atoms with van der Waals surface area (Å²) in [6.45, 7) is 1.14. The highest BCUT2D eigenvalue weighted by molar-refractivity contribution is 9.11. The van der Waals surface area contributed by atoms with Gasteiger partial charge in [-0.1, -0.05) is 6.07 Å². The maximum Gasteiger partial charge on any atom is 0.189 e. The van der Waals surface area contributed by atoms with Gasteiger partial charge in [-0.2, -0.15) is 0 Å². The van der Waals surface area contributed by atoms with Gasteiger partial charge in [0, 0.05) is 4.88 Å². The Labute approximate surface area is 142 Å². The molecular weight excluding hydrogens is 366 g/mol. The number of nitrogens with two attached hydrogens (primary N) is 1. The molecule has 0 aliphatic carbocycles. The molecule has 0 aliphatic heterocycles.